The molecular weight excluding hydrogens is 274 g/mol. The van der Waals surface area contributed by atoms with Crippen molar-refractivity contribution in [2.45, 2.75) is 31.9 Å². The minimum Gasteiger partial charge on any atom is -0.388 e. The molecule has 112 valence electrons. The Kier molecular flexibility index (Phi) is 4.83. The Morgan fingerprint density at radius 1 is 1.40 bits per heavy atom. The van der Waals surface area contributed by atoms with Crippen LogP contribution in [0.5, 0.6) is 0 Å². The van der Waals surface area contributed by atoms with Crippen molar-refractivity contribution in [1.82, 2.24) is 4.90 Å². The third-order valence-corrected chi connectivity index (χ3v) is 5.88. The van der Waals surface area contributed by atoms with Crippen LogP contribution in [0.2, 0.25) is 0 Å². The highest BCUT2D eigenvalue weighted by Crippen LogP contribution is 2.22. The van der Waals surface area contributed by atoms with Crippen LogP contribution in [0, 0.1) is 6.92 Å². The lowest BCUT2D eigenvalue weighted by atomic mass is 10.0. The normalized spacial score (nSPS) is 23.1. The molecular formula is C15H23NO3S. The molecule has 2 unspecified atom stereocenters. The molecule has 1 saturated heterocycles. The van der Waals surface area contributed by atoms with Gasteiger partial charge in [-0.2, -0.15) is 0 Å². The molecule has 4 nitrogen and oxygen atoms in total. The van der Waals surface area contributed by atoms with E-state index >= 15 is 0 Å². The standard InChI is InChI=1S/C15H23NO3S/c1-12-5-3-4-6-14(12)15(17)7-9-16(2)13-8-10-20(18,19)11-13/h3-6,13,15,17H,7-11H2,1-2H3. The van der Waals surface area contributed by atoms with Gasteiger partial charge in [0.15, 0.2) is 9.84 Å². The fourth-order valence-corrected chi connectivity index (χ4v) is 4.55. The van der Waals surface area contributed by atoms with Crippen molar-refractivity contribution in [3.63, 3.8) is 0 Å². The molecule has 0 spiro atoms. The quantitative estimate of drug-likeness (QED) is 0.895. The van der Waals surface area contributed by atoms with Gasteiger partial charge in [0.25, 0.3) is 0 Å². The van der Waals surface area contributed by atoms with E-state index in [9.17, 15) is 13.5 Å². The SMILES string of the molecule is Cc1ccccc1C(O)CCN(C)C1CCS(=O)(=O)C1. The van der Waals surface area contributed by atoms with Crippen LogP contribution in [-0.4, -0.2) is 49.6 Å². The first kappa shape index (κ1) is 15.5. The Morgan fingerprint density at radius 3 is 2.70 bits per heavy atom. The Labute approximate surface area is 121 Å². The minimum absolute atomic E-state index is 0.101. The Morgan fingerprint density at radius 2 is 2.10 bits per heavy atom. The van der Waals surface area contributed by atoms with E-state index < -0.39 is 15.9 Å². The summed E-state index contributed by atoms with van der Waals surface area (Å²) in [6.07, 6.45) is 0.841. The van der Waals surface area contributed by atoms with Crippen molar-refractivity contribution in [3.8, 4) is 0 Å². The molecule has 0 radical (unpaired) electrons. The Bertz CT molecular complexity index is 556. The summed E-state index contributed by atoms with van der Waals surface area (Å²) in [6.45, 7) is 2.70. The van der Waals surface area contributed by atoms with Crippen LogP contribution in [0.25, 0.3) is 0 Å². The second-order valence-electron chi connectivity index (χ2n) is 5.70. The molecule has 0 saturated carbocycles. The lowest BCUT2D eigenvalue weighted by Gasteiger charge is -2.24. The van der Waals surface area contributed by atoms with Crippen molar-refractivity contribution in [3.05, 3.63) is 35.4 Å². The summed E-state index contributed by atoms with van der Waals surface area (Å²) in [5.74, 6) is 0.548. The molecule has 5 heteroatoms. The van der Waals surface area contributed by atoms with Gasteiger partial charge in [-0.15, -0.1) is 0 Å². The van der Waals surface area contributed by atoms with E-state index in [1.54, 1.807) is 0 Å². The molecule has 1 aromatic rings. The average Bonchev–Trinajstić information content (AvgIpc) is 2.76. The van der Waals surface area contributed by atoms with Gasteiger partial charge in [-0.1, -0.05) is 24.3 Å². The van der Waals surface area contributed by atoms with Gasteiger partial charge in [0.05, 0.1) is 17.6 Å². The van der Waals surface area contributed by atoms with Crippen LogP contribution in [0.4, 0.5) is 0 Å². The minimum atomic E-state index is -2.84. The maximum absolute atomic E-state index is 11.5. The van der Waals surface area contributed by atoms with Crippen molar-refractivity contribution in [1.29, 1.82) is 0 Å². The molecule has 0 amide bonds. The number of aliphatic hydroxyl groups excluding tert-OH is 1. The Balaban J connectivity index is 1.88. The zero-order valence-electron chi connectivity index (χ0n) is 12.1. The third-order valence-electron chi connectivity index (χ3n) is 4.13. The van der Waals surface area contributed by atoms with E-state index in [1.807, 2.05) is 38.2 Å². The average molecular weight is 297 g/mol. The number of hydrogen-bond acceptors (Lipinski definition) is 4. The van der Waals surface area contributed by atoms with Crippen LogP contribution < -0.4 is 0 Å². The molecule has 1 aliphatic rings. The van der Waals surface area contributed by atoms with Crippen molar-refractivity contribution < 1.29 is 13.5 Å². The highest BCUT2D eigenvalue weighted by Gasteiger charge is 2.30. The predicted octanol–water partition coefficient (Wildman–Crippen LogP) is 1.54. The molecule has 2 atom stereocenters. The molecule has 1 fully saturated rings. The van der Waals surface area contributed by atoms with Gasteiger partial charge in [-0.3, -0.25) is 0 Å². The molecule has 20 heavy (non-hydrogen) atoms. The van der Waals surface area contributed by atoms with E-state index in [0.29, 0.717) is 25.1 Å². The largest absolute Gasteiger partial charge is 0.388 e. The summed E-state index contributed by atoms with van der Waals surface area (Å²) < 4.78 is 22.9. The molecule has 0 aromatic heterocycles. The zero-order chi connectivity index (χ0) is 14.8. The number of rotatable bonds is 5. The molecule has 1 heterocycles. The summed E-state index contributed by atoms with van der Waals surface area (Å²) in [6, 6.07) is 7.93. The van der Waals surface area contributed by atoms with Crippen LogP contribution in [0.1, 0.15) is 30.1 Å². The van der Waals surface area contributed by atoms with Gasteiger partial charge in [0.2, 0.25) is 0 Å². The van der Waals surface area contributed by atoms with Gasteiger partial charge in [-0.05, 0) is 37.9 Å². The predicted molar refractivity (Wildman–Crippen MR) is 80.4 cm³/mol. The summed E-state index contributed by atoms with van der Waals surface area (Å²) in [5, 5.41) is 10.3. The summed E-state index contributed by atoms with van der Waals surface area (Å²) >= 11 is 0. The first-order chi connectivity index (χ1) is 9.39. The molecule has 1 aliphatic heterocycles. The second-order valence-corrected chi connectivity index (χ2v) is 7.93. The smallest absolute Gasteiger partial charge is 0.151 e. The van der Waals surface area contributed by atoms with Crippen LogP contribution in [-0.2, 0) is 9.84 Å². The number of nitrogens with zero attached hydrogens (tertiary/aromatic N) is 1. The lowest BCUT2D eigenvalue weighted by molar-refractivity contribution is 0.139. The van der Waals surface area contributed by atoms with Crippen molar-refractivity contribution in [2.75, 3.05) is 25.1 Å². The number of benzene rings is 1. The van der Waals surface area contributed by atoms with Gasteiger partial charge in [0, 0.05) is 12.6 Å². The molecule has 2 rings (SSSR count). The van der Waals surface area contributed by atoms with E-state index in [2.05, 4.69) is 4.90 Å². The van der Waals surface area contributed by atoms with Gasteiger partial charge >= 0.3 is 0 Å². The van der Waals surface area contributed by atoms with Crippen LogP contribution in [0.15, 0.2) is 24.3 Å². The topological polar surface area (TPSA) is 57.6 Å². The van der Waals surface area contributed by atoms with E-state index in [0.717, 1.165) is 11.1 Å². The van der Waals surface area contributed by atoms with Gasteiger partial charge in [0.1, 0.15) is 0 Å². The first-order valence-electron chi connectivity index (χ1n) is 7.03. The Hall–Kier alpha value is -0.910. The van der Waals surface area contributed by atoms with Crippen molar-refractivity contribution >= 4 is 9.84 Å². The summed E-state index contributed by atoms with van der Waals surface area (Å²) in [7, 11) is -0.902. The highest BCUT2D eigenvalue weighted by atomic mass is 32.2. The monoisotopic (exact) mass is 297 g/mol. The fourth-order valence-electron chi connectivity index (χ4n) is 2.75. The van der Waals surface area contributed by atoms with E-state index in [-0.39, 0.29) is 11.8 Å². The fraction of sp³-hybridized carbons (Fsp3) is 0.600. The van der Waals surface area contributed by atoms with Crippen molar-refractivity contribution in [2.24, 2.45) is 0 Å². The van der Waals surface area contributed by atoms with Crippen LogP contribution in [0.3, 0.4) is 0 Å². The summed E-state index contributed by atoms with van der Waals surface area (Å²) in [4.78, 5) is 2.06. The van der Waals surface area contributed by atoms with Crippen LogP contribution >= 0.6 is 0 Å². The number of aryl methyl sites for hydroxylation is 1. The second kappa shape index (κ2) is 6.24. The highest BCUT2D eigenvalue weighted by molar-refractivity contribution is 7.91. The molecule has 1 aromatic carbocycles. The zero-order valence-corrected chi connectivity index (χ0v) is 12.9. The van der Waals surface area contributed by atoms with Gasteiger partial charge < -0.3 is 10.0 Å². The first-order valence-corrected chi connectivity index (χ1v) is 8.85. The third kappa shape index (κ3) is 3.81. The van der Waals surface area contributed by atoms with Gasteiger partial charge in [-0.25, -0.2) is 8.42 Å². The molecule has 1 N–H and O–H groups in total. The molecule has 0 aliphatic carbocycles. The summed E-state index contributed by atoms with van der Waals surface area (Å²) in [5.41, 5.74) is 2.05. The maximum Gasteiger partial charge on any atom is 0.151 e. The lowest BCUT2D eigenvalue weighted by Crippen LogP contribution is -2.34. The number of sulfone groups is 1. The number of hydrogen-bond donors (Lipinski definition) is 1. The van der Waals surface area contributed by atoms with E-state index in [4.69, 9.17) is 0 Å². The maximum atomic E-state index is 11.5. The van der Waals surface area contributed by atoms with E-state index in [1.165, 1.54) is 0 Å². The number of aliphatic hydroxyl groups is 1. The molecule has 0 bridgehead atoms.